The third-order valence-electron chi connectivity index (χ3n) is 5.57. The van der Waals surface area contributed by atoms with Crippen molar-refractivity contribution in [3.8, 4) is 0 Å². The average Bonchev–Trinajstić information content (AvgIpc) is 2.70. The van der Waals surface area contributed by atoms with E-state index in [4.69, 9.17) is 14.6 Å². The summed E-state index contributed by atoms with van der Waals surface area (Å²) in [6, 6.07) is 0. The molecule has 0 saturated heterocycles. The molecule has 1 rings (SSSR count). The third kappa shape index (κ3) is 14.2. The van der Waals surface area contributed by atoms with Crippen LogP contribution >= 0.6 is 0 Å². The number of hydrogen-bond acceptors (Lipinski definition) is 3. The highest BCUT2D eigenvalue weighted by Gasteiger charge is 2.17. The molecule has 4 heteroatoms. The van der Waals surface area contributed by atoms with Crippen molar-refractivity contribution in [1.82, 2.24) is 0 Å². The minimum Gasteiger partial charge on any atom is -0.498 e. The molecule has 4 nitrogen and oxygen atoms in total. The summed E-state index contributed by atoms with van der Waals surface area (Å²) in [4.78, 5) is 10.6. The van der Waals surface area contributed by atoms with Crippen LogP contribution in [0.5, 0.6) is 0 Å². The molecular formula is C25H44O4. The molecule has 0 spiro atoms. The summed E-state index contributed by atoms with van der Waals surface area (Å²) in [5.41, 5.74) is 0. The summed E-state index contributed by atoms with van der Waals surface area (Å²) in [7, 11) is 0. The van der Waals surface area contributed by atoms with Crippen LogP contribution in [0.1, 0.15) is 110 Å². The maximum absolute atomic E-state index is 10.6. The Kier molecular flexibility index (Phi) is 15.4. The normalized spacial score (nSPS) is 16.3. The number of unbranched alkanes of at least 4 members (excludes halogenated alkanes) is 13. The lowest BCUT2D eigenvalue weighted by molar-refractivity contribution is -0.140. The van der Waals surface area contributed by atoms with Gasteiger partial charge in [-0.05, 0) is 18.6 Å². The Morgan fingerprint density at radius 2 is 1.38 bits per heavy atom. The molecule has 1 atom stereocenters. The third-order valence-corrected chi connectivity index (χ3v) is 5.57. The monoisotopic (exact) mass is 408 g/mol. The van der Waals surface area contributed by atoms with Crippen molar-refractivity contribution < 1.29 is 19.4 Å². The second-order valence-electron chi connectivity index (χ2n) is 8.43. The molecule has 0 radical (unpaired) electrons. The quantitative estimate of drug-likeness (QED) is 0.226. The van der Waals surface area contributed by atoms with Gasteiger partial charge in [0.25, 0.3) is 0 Å². The van der Waals surface area contributed by atoms with Gasteiger partial charge in [0, 0.05) is 12.3 Å². The minimum atomic E-state index is -0.942. The molecule has 168 valence electrons. The fraction of sp³-hybridized carbons (Fsp3) is 0.800. The van der Waals surface area contributed by atoms with Crippen molar-refractivity contribution in [2.45, 2.75) is 110 Å². The van der Waals surface area contributed by atoms with Crippen LogP contribution in [0.4, 0.5) is 0 Å². The van der Waals surface area contributed by atoms with Gasteiger partial charge in [-0.1, -0.05) is 97.3 Å². The second-order valence-corrected chi connectivity index (χ2v) is 8.43. The number of rotatable bonds is 19. The first-order chi connectivity index (χ1) is 14.1. The Balaban J connectivity index is 1.91. The standard InChI is InChI=1S/C25H44O4/c1-3-4-5-6-7-8-9-10-11-12-13-14-15-16-19-28-24-18-17-23(20-22(24)2)29-21-25(26)27/h17-18,22H,3-16,19-21H2,1-2H3,(H,26,27). The van der Waals surface area contributed by atoms with Crippen molar-refractivity contribution >= 4 is 5.97 Å². The van der Waals surface area contributed by atoms with E-state index in [1.165, 1.54) is 83.5 Å². The van der Waals surface area contributed by atoms with Gasteiger partial charge in [0.05, 0.1) is 18.1 Å². The largest absolute Gasteiger partial charge is 0.498 e. The number of allylic oxidation sites excluding steroid dienone is 4. The molecule has 0 aromatic heterocycles. The maximum atomic E-state index is 10.6. The summed E-state index contributed by atoms with van der Waals surface area (Å²) in [5.74, 6) is 1.02. The van der Waals surface area contributed by atoms with Crippen LogP contribution in [-0.2, 0) is 14.3 Å². The highest BCUT2D eigenvalue weighted by Crippen LogP contribution is 2.26. The Hall–Kier alpha value is -1.45. The van der Waals surface area contributed by atoms with E-state index in [-0.39, 0.29) is 12.5 Å². The van der Waals surface area contributed by atoms with Crippen molar-refractivity contribution in [3.05, 3.63) is 23.7 Å². The molecular weight excluding hydrogens is 364 g/mol. The molecule has 1 unspecified atom stereocenters. The minimum absolute atomic E-state index is 0.246. The first-order valence-electron chi connectivity index (χ1n) is 12.0. The van der Waals surface area contributed by atoms with Crippen LogP contribution in [0, 0.1) is 5.92 Å². The number of carbonyl (C=O) groups is 1. The maximum Gasteiger partial charge on any atom is 0.341 e. The van der Waals surface area contributed by atoms with Crippen LogP contribution in [0.2, 0.25) is 0 Å². The van der Waals surface area contributed by atoms with Gasteiger partial charge in [0.2, 0.25) is 0 Å². The van der Waals surface area contributed by atoms with Gasteiger partial charge >= 0.3 is 5.97 Å². The van der Waals surface area contributed by atoms with E-state index >= 15 is 0 Å². The molecule has 0 fully saturated rings. The molecule has 29 heavy (non-hydrogen) atoms. The van der Waals surface area contributed by atoms with Gasteiger partial charge in [0.1, 0.15) is 0 Å². The lowest BCUT2D eigenvalue weighted by Gasteiger charge is -2.22. The van der Waals surface area contributed by atoms with Crippen LogP contribution in [0.25, 0.3) is 0 Å². The molecule has 0 aliphatic heterocycles. The Bertz CT molecular complexity index is 481. The predicted octanol–water partition coefficient (Wildman–Crippen LogP) is 7.39. The first-order valence-corrected chi connectivity index (χ1v) is 12.0. The lowest BCUT2D eigenvalue weighted by atomic mass is 9.99. The summed E-state index contributed by atoms with van der Waals surface area (Å²) in [6.07, 6.45) is 23.5. The molecule has 0 saturated carbocycles. The van der Waals surface area contributed by atoms with Gasteiger partial charge in [-0.3, -0.25) is 0 Å². The number of ether oxygens (including phenoxy) is 2. The number of carboxylic acids is 1. The fourth-order valence-corrected chi connectivity index (χ4v) is 3.75. The Morgan fingerprint density at radius 1 is 0.862 bits per heavy atom. The Labute approximate surface area is 178 Å². The second kappa shape index (κ2) is 17.4. The van der Waals surface area contributed by atoms with E-state index in [0.717, 1.165) is 24.5 Å². The molecule has 0 amide bonds. The zero-order valence-electron chi connectivity index (χ0n) is 18.9. The molecule has 0 bridgehead atoms. The summed E-state index contributed by atoms with van der Waals surface area (Å²) in [6.45, 7) is 4.86. The van der Waals surface area contributed by atoms with Crippen LogP contribution in [-0.4, -0.2) is 24.3 Å². The predicted molar refractivity (Wildman–Crippen MR) is 120 cm³/mol. The summed E-state index contributed by atoms with van der Waals surface area (Å²) < 4.78 is 11.2. The number of aliphatic carboxylic acids is 1. The van der Waals surface area contributed by atoms with Gasteiger partial charge in [0.15, 0.2) is 6.61 Å². The highest BCUT2D eigenvalue weighted by molar-refractivity contribution is 5.68. The van der Waals surface area contributed by atoms with Crippen LogP contribution in [0.15, 0.2) is 23.7 Å². The van der Waals surface area contributed by atoms with Crippen LogP contribution < -0.4 is 0 Å². The molecule has 0 aromatic carbocycles. The number of carboxylic acid groups (broad SMARTS) is 1. The highest BCUT2D eigenvalue weighted by atomic mass is 16.5. The van der Waals surface area contributed by atoms with Gasteiger partial charge in [-0.25, -0.2) is 4.79 Å². The van der Waals surface area contributed by atoms with Crippen molar-refractivity contribution in [3.63, 3.8) is 0 Å². The van der Waals surface area contributed by atoms with Gasteiger partial charge < -0.3 is 14.6 Å². The van der Waals surface area contributed by atoms with Crippen molar-refractivity contribution in [1.29, 1.82) is 0 Å². The summed E-state index contributed by atoms with van der Waals surface area (Å²) >= 11 is 0. The van der Waals surface area contributed by atoms with Gasteiger partial charge in [-0.15, -0.1) is 0 Å². The smallest absolute Gasteiger partial charge is 0.341 e. The molecule has 1 aliphatic rings. The zero-order valence-corrected chi connectivity index (χ0v) is 18.9. The zero-order chi connectivity index (χ0) is 21.2. The number of hydrogen-bond donors (Lipinski definition) is 1. The Morgan fingerprint density at radius 3 is 1.86 bits per heavy atom. The fourth-order valence-electron chi connectivity index (χ4n) is 3.75. The summed E-state index contributed by atoms with van der Waals surface area (Å²) in [5, 5.41) is 8.67. The van der Waals surface area contributed by atoms with Gasteiger partial charge in [-0.2, -0.15) is 0 Å². The van der Waals surface area contributed by atoms with E-state index in [0.29, 0.717) is 6.42 Å². The first kappa shape index (κ1) is 25.6. The SMILES string of the molecule is CCCCCCCCCCCCCCCCOC1=CC=C(OCC(=O)O)CC1C. The average molecular weight is 409 g/mol. The van der Waals surface area contributed by atoms with E-state index in [9.17, 15) is 4.79 Å². The van der Waals surface area contributed by atoms with E-state index in [1.807, 2.05) is 12.2 Å². The van der Waals surface area contributed by atoms with E-state index in [2.05, 4.69) is 13.8 Å². The lowest BCUT2D eigenvalue weighted by Crippen LogP contribution is -2.13. The van der Waals surface area contributed by atoms with Crippen molar-refractivity contribution in [2.24, 2.45) is 5.92 Å². The molecule has 1 N–H and O–H groups in total. The van der Waals surface area contributed by atoms with E-state index in [1.54, 1.807) is 0 Å². The molecule has 0 aromatic rings. The molecule has 1 aliphatic carbocycles. The van der Waals surface area contributed by atoms with Crippen molar-refractivity contribution in [2.75, 3.05) is 13.2 Å². The molecule has 0 heterocycles. The van der Waals surface area contributed by atoms with E-state index < -0.39 is 5.97 Å². The van der Waals surface area contributed by atoms with Crippen LogP contribution in [0.3, 0.4) is 0 Å². The topological polar surface area (TPSA) is 55.8 Å².